The van der Waals surface area contributed by atoms with Gasteiger partial charge in [0.2, 0.25) is 0 Å². The first-order chi connectivity index (χ1) is 13.2. The minimum atomic E-state index is -3.32. The fourth-order valence-electron chi connectivity index (χ4n) is 2.81. The van der Waals surface area contributed by atoms with Crippen LogP contribution >= 0.6 is 12.2 Å². The summed E-state index contributed by atoms with van der Waals surface area (Å²) < 4.78 is 38.3. The van der Waals surface area contributed by atoms with Crippen LogP contribution in [-0.2, 0) is 34.0 Å². The van der Waals surface area contributed by atoms with E-state index < -0.39 is 27.1 Å². The van der Waals surface area contributed by atoms with Crippen LogP contribution in [0.2, 0.25) is 0 Å². The number of rotatable bonds is 5. The van der Waals surface area contributed by atoms with Crippen molar-refractivity contribution in [1.82, 2.24) is 4.90 Å². The molecule has 0 N–H and O–H groups in total. The number of allylic oxidation sites excluding steroid dienone is 1. The molecule has 2 rings (SSSR count). The summed E-state index contributed by atoms with van der Waals surface area (Å²) in [4.78, 5) is 18.9. The third-order valence-corrected chi connectivity index (χ3v) is 9.42. The second-order valence-electron chi connectivity index (χ2n) is 6.89. The first-order valence-corrected chi connectivity index (χ1v) is 12.0. The molecule has 0 unspecified atom stereocenters. The SMILES string of the molecule is [C-]#[N+]c1ccc(N2C(=O)C(C)(C)N(C(=C)C=C[C](=[W])S(C)(=O)=O)C2=S)c(F)c1C. The van der Waals surface area contributed by atoms with Gasteiger partial charge in [0.1, 0.15) is 0 Å². The molecule has 1 fully saturated rings. The molecule has 152 valence electrons. The summed E-state index contributed by atoms with van der Waals surface area (Å²) in [5.74, 6) is -1.15. The Kier molecular flexibility index (Phi) is 6.43. The predicted molar refractivity (Wildman–Crippen MR) is 112 cm³/mol. The maximum absolute atomic E-state index is 14.9. The van der Waals surface area contributed by atoms with Crippen molar-refractivity contribution in [2.75, 3.05) is 11.2 Å². The summed E-state index contributed by atoms with van der Waals surface area (Å²) in [6.07, 6.45) is 3.99. The van der Waals surface area contributed by atoms with Crippen molar-refractivity contribution in [2.24, 2.45) is 0 Å². The number of hydrogen-bond donors (Lipinski definition) is 0. The van der Waals surface area contributed by atoms with E-state index in [1.807, 2.05) is 0 Å². The van der Waals surface area contributed by atoms with E-state index in [1.165, 1.54) is 36.1 Å². The summed E-state index contributed by atoms with van der Waals surface area (Å²) in [6, 6.07) is 2.79. The van der Waals surface area contributed by atoms with Gasteiger partial charge in [-0.1, -0.05) is 0 Å². The maximum atomic E-state index is 14.9. The molecule has 29 heavy (non-hydrogen) atoms. The van der Waals surface area contributed by atoms with E-state index in [0.29, 0.717) is 5.70 Å². The number of nitrogens with zero attached hydrogens (tertiary/aromatic N) is 3. The quantitative estimate of drug-likeness (QED) is 0.294. The van der Waals surface area contributed by atoms with E-state index in [2.05, 4.69) is 11.4 Å². The van der Waals surface area contributed by atoms with E-state index in [0.717, 1.165) is 30.5 Å². The first kappa shape index (κ1) is 23.3. The van der Waals surface area contributed by atoms with Gasteiger partial charge in [0, 0.05) is 0 Å². The molecule has 10 heteroatoms. The van der Waals surface area contributed by atoms with Crippen molar-refractivity contribution in [1.29, 1.82) is 0 Å². The number of halogens is 1. The molecular weight excluding hydrogens is 585 g/mol. The van der Waals surface area contributed by atoms with Crippen LogP contribution < -0.4 is 4.90 Å². The third-order valence-electron chi connectivity index (χ3n) is 4.43. The van der Waals surface area contributed by atoms with E-state index in [9.17, 15) is 17.6 Å². The fraction of sp³-hybridized carbons (Fsp3) is 0.263. The predicted octanol–water partition coefficient (Wildman–Crippen LogP) is 3.19. The topological polar surface area (TPSA) is 62.1 Å². The van der Waals surface area contributed by atoms with Crippen molar-refractivity contribution < 1.29 is 37.0 Å². The van der Waals surface area contributed by atoms with Gasteiger partial charge in [-0.05, 0) is 0 Å². The number of benzene rings is 1. The summed E-state index contributed by atoms with van der Waals surface area (Å²) in [5, 5.41) is 0.0212. The van der Waals surface area contributed by atoms with Crippen LogP contribution in [0.1, 0.15) is 19.4 Å². The zero-order valence-electron chi connectivity index (χ0n) is 16.2. The minimum absolute atomic E-state index is 0.0212. The second-order valence-corrected chi connectivity index (χ2v) is 11.8. The van der Waals surface area contributed by atoms with Gasteiger partial charge >= 0.3 is 180 Å². The number of thiocarbonyl (C=S) groups is 1. The van der Waals surface area contributed by atoms with Gasteiger partial charge in [0.05, 0.1) is 6.57 Å². The van der Waals surface area contributed by atoms with Gasteiger partial charge in [0.25, 0.3) is 0 Å². The van der Waals surface area contributed by atoms with Crippen LogP contribution in [-0.4, -0.2) is 39.4 Å². The van der Waals surface area contributed by atoms with E-state index in [4.69, 9.17) is 18.8 Å². The molecule has 6 nitrogen and oxygen atoms in total. The van der Waals surface area contributed by atoms with Crippen molar-refractivity contribution in [3.05, 3.63) is 59.4 Å². The van der Waals surface area contributed by atoms with Gasteiger partial charge in [-0.25, -0.2) is 0 Å². The Bertz CT molecular complexity index is 1130. The molecule has 0 radical (unpaired) electrons. The molecule has 1 aromatic carbocycles. The molecule has 0 saturated carbocycles. The monoisotopic (exact) mass is 603 g/mol. The summed E-state index contributed by atoms with van der Waals surface area (Å²) in [7, 11) is -3.32. The fourth-order valence-corrected chi connectivity index (χ4v) is 3.89. The molecule has 1 aliphatic heterocycles. The molecule has 0 aliphatic carbocycles. The van der Waals surface area contributed by atoms with Crippen LogP contribution in [0.5, 0.6) is 0 Å². The Morgan fingerprint density at radius 1 is 1.38 bits per heavy atom. The molecule has 0 bridgehead atoms. The van der Waals surface area contributed by atoms with Gasteiger partial charge in [-0.2, -0.15) is 0 Å². The zero-order valence-corrected chi connectivity index (χ0v) is 20.8. The molecule has 1 aliphatic rings. The zero-order chi connectivity index (χ0) is 22.3. The van der Waals surface area contributed by atoms with Gasteiger partial charge < -0.3 is 0 Å². The van der Waals surface area contributed by atoms with E-state index >= 15 is 0 Å². The van der Waals surface area contributed by atoms with Crippen LogP contribution in [0, 0.1) is 19.3 Å². The number of carbonyl (C=O) groups is 1. The summed E-state index contributed by atoms with van der Waals surface area (Å²) in [6.45, 7) is 15.7. The molecule has 1 amide bonds. The Morgan fingerprint density at radius 2 is 1.97 bits per heavy atom. The number of sulfone groups is 1. The average Bonchev–Trinajstić information content (AvgIpc) is 2.79. The van der Waals surface area contributed by atoms with E-state index in [1.54, 1.807) is 13.8 Å². The van der Waals surface area contributed by atoms with Gasteiger partial charge in [-0.3, -0.25) is 0 Å². The van der Waals surface area contributed by atoms with Crippen LogP contribution in [0.3, 0.4) is 0 Å². The second kappa shape index (κ2) is 8.02. The Morgan fingerprint density at radius 3 is 2.48 bits per heavy atom. The standard InChI is InChI=1S/C19H18FN3O3S2.W/c1-12(8-7-11-28(6,25)26)23-18(27)22(17(24)19(23,3)4)15-10-9-14(21-5)13(2)16(15)20;/h7-10H,1H2,2-4,6H3;. The normalized spacial score (nSPS) is 16.4. The molecular formula is C19H18FN3O3S2W. The average molecular weight is 603 g/mol. The van der Waals surface area contributed by atoms with Crippen LogP contribution in [0.25, 0.3) is 4.85 Å². The van der Waals surface area contributed by atoms with Crippen molar-refractivity contribution in [2.45, 2.75) is 26.3 Å². The number of amides is 1. The molecule has 0 atom stereocenters. The summed E-state index contributed by atoms with van der Waals surface area (Å²) >= 11 is 6.22. The number of carbonyl (C=O) groups excluding carboxylic acids is 1. The molecule has 1 heterocycles. The van der Waals surface area contributed by atoms with Crippen molar-refractivity contribution >= 4 is 47.7 Å². The van der Waals surface area contributed by atoms with Crippen molar-refractivity contribution in [3.63, 3.8) is 0 Å². The Hall–Kier alpha value is -2.01. The number of anilines is 1. The number of hydrogen-bond acceptors (Lipinski definition) is 4. The molecule has 1 saturated heterocycles. The van der Waals surface area contributed by atoms with Gasteiger partial charge in [0.15, 0.2) is 0 Å². The van der Waals surface area contributed by atoms with Crippen LogP contribution in [0.15, 0.2) is 36.6 Å². The van der Waals surface area contributed by atoms with Crippen LogP contribution in [0.4, 0.5) is 15.8 Å². The van der Waals surface area contributed by atoms with E-state index in [-0.39, 0.29) is 25.3 Å². The molecule has 0 aromatic heterocycles. The third kappa shape index (κ3) is 4.16. The first-order valence-electron chi connectivity index (χ1n) is 8.21. The summed E-state index contributed by atoms with van der Waals surface area (Å²) in [5.41, 5.74) is -0.622. The van der Waals surface area contributed by atoms with Crippen molar-refractivity contribution in [3.8, 4) is 0 Å². The Balaban J connectivity index is 2.49. The molecule has 0 spiro atoms. The van der Waals surface area contributed by atoms with Gasteiger partial charge in [-0.15, -0.1) is 0 Å². The Labute approximate surface area is 185 Å². The molecule has 1 aromatic rings.